The number of carbonyl (C=O) groups is 4. The average Bonchev–Trinajstić information content (AvgIpc) is 3.48. The van der Waals surface area contributed by atoms with Gasteiger partial charge in [0.05, 0.1) is 10.9 Å². The molecule has 2 aromatic rings. The number of hydrogen-bond acceptors (Lipinski definition) is 12. The highest BCUT2D eigenvalue weighted by molar-refractivity contribution is 6.18. The SMILES string of the molecule is CCCCCCCCCC(=O)NC1=NN(C)c2ncnc3c2c1cn3[C@@H]1O[C@H](COC(C)=O)[C@@H](OC(C)=O)[C@H]1OC(C)=O. The fourth-order valence-electron chi connectivity index (χ4n) is 5.39. The maximum atomic E-state index is 12.9. The molecule has 4 atom stereocenters. The number of amidine groups is 1. The Bertz CT molecular complexity index is 1370. The van der Waals surface area contributed by atoms with Crippen molar-refractivity contribution < 1.29 is 38.1 Å². The molecule has 2 aliphatic rings. The molecule has 0 saturated carbocycles. The fourth-order valence-corrected chi connectivity index (χ4v) is 5.39. The summed E-state index contributed by atoms with van der Waals surface area (Å²) in [5, 5.41) is 9.64. The van der Waals surface area contributed by atoms with E-state index < -0.39 is 42.4 Å². The van der Waals surface area contributed by atoms with Crippen LogP contribution < -0.4 is 10.3 Å². The molecule has 14 nitrogen and oxygen atoms in total. The minimum atomic E-state index is -1.10. The van der Waals surface area contributed by atoms with Gasteiger partial charge < -0.3 is 28.8 Å². The average molecular weight is 601 g/mol. The molecule has 0 radical (unpaired) electrons. The first-order valence-corrected chi connectivity index (χ1v) is 14.7. The number of hydrazone groups is 1. The molecule has 14 heteroatoms. The lowest BCUT2D eigenvalue weighted by Crippen LogP contribution is -2.40. The monoisotopic (exact) mass is 600 g/mol. The van der Waals surface area contributed by atoms with Gasteiger partial charge in [0.25, 0.3) is 0 Å². The normalized spacial score (nSPS) is 21.0. The highest BCUT2D eigenvalue weighted by atomic mass is 16.7. The van der Waals surface area contributed by atoms with Gasteiger partial charge in [0, 0.05) is 40.4 Å². The molecule has 0 aliphatic carbocycles. The van der Waals surface area contributed by atoms with E-state index in [1.54, 1.807) is 22.8 Å². The molecule has 1 amide bonds. The third-order valence-electron chi connectivity index (χ3n) is 7.28. The van der Waals surface area contributed by atoms with Crippen molar-refractivity contribution in [2.24, 2.45) is 5.10 Å². The Labute approximate surface area is 250 Å². The maximum absolute atomic E-state index is 12.9. The number of carbonyl (C=O) groups excluding carboxylic acids is 4. The van der Waals surface area contributed by atoms with Crippen molar-refractivity contribution in [3.8, 4) is 0 Å². The van der Waals surface area contributed by atoms with Gasteiger partial charge >= 0.3 is 17.9 Å². The van der Waals surface area contributed by atoms with Crippen LogP contribution in [0.3, 0.4) is 0 Å². The standard InChI is InChI=1S/C29H40N6O8/c1-6-7-8-9-10-11-12-13-22(39)32-26-20-14-35(28-23(20)27(30-16-31-28)34(5)33-26)29-25(42-19(4)38)24(41-18(3)37)21(43-29)15-40-17(2)36/h14,16,21,24-25,29H,6-13,15H2,1-5H3,(H,32,33,39)/t21-,24-,25-,29-/m1/s1. The lowest BCUT2D eigenvalue weighted by atomic mass is 10.1. The highest BCUT2D eigenvalue weighted by Crippen LogP contribution is 2.39. The van der Waals surface area contributed by atoms with Gasteiger partial charge in [0.15, 0.2) is 30.1 Å². The second-order valence-corrected chi connectivity index (χ2v) is 10.8. The zero-order valence-electron chi connectivity index (χ0n) is 25.3. The van der Waals surface area contributed by atoms with Crippen molar-refractivity contribution in [1.82, 2.24) is 19.9 Å². The smallest absolute Gasteiger partial charge is 0.303 e. The first-order valence-electron chi connectivity index (χ1n) is 14.7. The zero-order chi connectivity index (χ0) is 31.1. The molecule has 2 aliphatic heterocycles. The van der Waals surface area contributed by atoms with Crippen molar-refractivity contribution in [2.75, 3.05) is 18.7 Å². The topological polar surface area (TPSA) is 164 Å². The number of rotatable bonds is 13. The van der Waals surface area contributed by atoms with E-state index in [0.717, 1.165) is 19.3 Å². The van der Waals surface area contributed by atoms with Crippen molar-refractivity contribution in [3.05, 3.63) is 18.1 Å². The lowest BCUT2D eigenvalue weighted by molar-refractivity contribution is -0.166. The van der Waals surface area contributed by atoms with Crippen LogP contribution >= 0.6 is 0 Å². The van der Waals surface area contributed by atoms with Gasteiger partial charge in [-0.2, -0.15) is 5.10 Å². The summed E-state index contributed by atoms with van der Waals surface area (Å²) in [6.07, 6.45) is 6.95. The van der Waals surface area contributed by atoms with Crippen LogP contribution in [-0.2, 0) is 38.1 Å². The molecular weight excluding hydrogens is 560 g/mol. The van der Waals surface area contributed by atoms with E-state index in [0.29, 0.717) is 34.7 Å². The van der Waals surface area contributed by atoms with Crippen molar-refractivity contribution in [1.29, 1.82) is 0 Å². The molecule has 0 unspecified atom stereocenters. The van der Waals surface area contributed by atoms with Crippen molar-refractivity contribution in [2.45, 2.75) is 104 Å². The third kappa shape index (κ3) is 7.66. The van der Waals surface area contributed by atoms with E-state index in [1.807, 2.05) is 0 Å². The van der Waals surface area contributed by atoms with Gasteiger partial charge in [-0.05, 0) is 6.42 Å². The number of hydrogen-bond donors (Lipinski definition) is 1. The highest BCUT2D eigenvalue weighted by Gasteiger charge is 2.51. The van der Waals surface area contributed by atoms with Crippen LogP contribution in [0.1, 0.15) is 90.9 Å². The zero-order valence-corrected chi connectivity index (χ0v) is 25.3. The van der Waals surface area contributed by atoms with Crippen LogP contribution in [-0.4, -0.2) is 76.2 Å². The van der Waals surface area contributed by atoms with E-state index >= 15 is 0 Å². The predicted molar refractivity (Wildman–Crippen MR) is 155 cm³/mol. The number of ether oxygens (including phenoxy) is 4. The fraction of sp³-hybridized carbons (Fsp3) is 0.621. The molecular formula is C29H40N6O8. The van der Waals surface area contributed by atoms with E-state index in [9.17, 15) is 19.2 Å². The summed E-state index contributed by atoms with van der Waals surface area (Å²) < 4.78 is 24.1. The Kier molecular flexibility index (Phi) is 10.7. The third-order valence-corrected chi connectivity index (χ3v) is 7.28. The molecule has 0 spiro atoms. The van der Waals surface area contributed by atoms with Gasteiger partial charge in [-0.15, -0.1) is 0 Å². The Morgan fingerprint density at radius 2 is 1.60 bits per heavy atom. The summed E-state index contributed by atoms with van der Waals surface area (Å²) in [4.78, 5) is 57.5. The summed E-state index contributed by atoms with van der Waals surface area (Å²) in [6.45, 7) is 5.65. The summed E-state index contributed by atoms with van der Waals surface area (Å²) in [5.41, 5.74) is 0.965. The number of unbranched alkanes of at least 4 members (excludes halogenated alkanes) is 6. The summed E-state index contributed by atoms with van der Waals surface area (Å²) in [6, 6.07) is 0. The Morgan fingerprint density at radius 3 is 2.28 bits per heavy atom. The van der Waals surface area contributed by atoms with E-state index in [4.69, 9.17) is 18.9 Å². The molecule has 1 fully saturated rings. The van der Waals surface area contributed by atoms with Crippen LogP contribution in [0, 0.1) is 0 Å². The largest absolute Gasteiger partial charge is 0.463 e. The van der Waals surface area contributed by atoms with E-state index in [2.05, 4.69) is 27.3 Å². The van der Waals surface area contributed by atoms with Crippen LogP contribution in [0.25, 0.3) is 11.0 Å². The number of esters is 3. The van der Waals surface area contributed by atoms with Crippen LogP contribution in [0.15, 0.2) is 17.6 Å². The lowest BCUT2D eigenvalue weighted by Gasteiger charge is -2.24. The minimum absolute atomic E-state index is 0.159. The molecule has 1 N–H and O–H groups in total. The number of nitrogens with zero attached hydrogens (tertiary/aromatic N) is 5. The van der Waals surface area contributed by atoms with E-state index in [1.165, 1.54) is 52.8 Å². The minimum Gasteiger partial charge on any atom is -0.463 e. The molecule has 2 aromatic heterocycles. The summed E-state index contributed by atoms with van der Waals surface area (Å²) in [5.74, 6) is -1.14. The van der Waals surface area contributed by atoms with Crippen LogP contribution in [0.4, 0.5) is 5.82 Å². The van der Waals surface area contributed by atoms with Gasteiger partial charge in [-0.1, -0.05) is 45.4 Å². The number of amides is 1. The molecule has 234 valence electrons. The predicted octanol–water partition coefficient (Wildman–Crippen LogP) is 3.12. The van der Waals surface area contributed by atoms with E-state index in [-0.39, 0.29) is 12.5 Å². The Hall–Kier alpha value is -4.07. The molecule has 0 bridgehead atoms. The molecule has 4 rings (SSSR count). The number of aromatic nitrogens is 3. The number of nitrogens with one attached hydrogen (secondary N) is 1. The van der Waals surface area contributed by atoms with Crippen molar-refractivity contribution in [3.63, 3.8) is 0 Å². The van der Waals surface area contributed by atoms with Gasteiger partial charge in [0.2, 0.25) is 5.91 Å². The molecule has 4 heterocycles. The van der Waals surface area contributed by atoms with Crippen molar-refractivity contribution >= 4 is 46.5 Å². The van der Waals surface area contributed by atoms with Gasteiger partial charge in [0.1, 0.15) is 24.7 Å². The second-order valence-electron chi connectivity index (χ2n) is 10.8. The first kappa shape index (κ1) is 31.9. The summed E-state index contributed by atoms with van der Waals surface area (Å²) in [7, 11) is 1.71. The molecule has 0 aromatic carbocycles. The van der Waals surface area contributed by atoms with Gasteiger partial charge in [-0.25, -0.2) is 15.0 Å². The Balaban J connectivity index is 1.61. The summed E-state index contributed by atoms with van der Waals surface area (Å²) >= 11 is 0. The first-order chi connectivity index (χ1) is 20.6. The molecule has 1 saturated heterocycles. The van der Waals surface area contributed by atoms with Gasteiger partial charge in [-0.3, -0.25) is 19.2 Å². The maximum Gasteiger partial charge on any atom is 0.303 e. The molecule has 43 heavy (non-hydrogen) atoms. The second kappa shape index (κ2) is 14.4. The quantitative estimate of drug-likeness (QED) is 0.204. The number of anilines is 1. The van der Waals surface area contributed by atoms with Crippen LogP contribution in [0.5, 0.6) is 0 Å². The van der Waals surface area contributed by atoms with Crippen LogP contribution in [0.2, 0.25) is 0 Å². The Morgan fingerprint density at radius 1 is 0.930 bits per heavy atom.